The molecule has 0 atom stereocenters. The lowest BCUT2D eigenvalue weighted by atomic mass is 10.2. The quantitative estimate of drug-likeness (QED) is 0.772. The van der Waals surface area contributed by atoms with Crippen molar-refractivity contribution in [3.8, 4) is 0 Å². The van der Waals surface area contributed by atoms with Crippen molar-refractivity contribution in [3.63, 3.8) is 0 Å². The Labute approximate surface area is 112 Å². The number of sulfonamides is 1. The maximum absolute atomic E-state index is 12.4. The molecule has 106 valence electrons. The molecule has 0 aliphatic carbocycles. The van der Waals surface area contributed by atoms with Crippen LogP contribution >= 0.6 is 0 Å². The Morgan fingerprint density at radius 2 is 1.89 bits per heavy atom. The molecule has 1 rings (SSSR count). The van der Waals surface area contributed by atoms with Gasteiger partial charge in [-0.3, -0.25) is 0 Å². The number of aliphatic hydroxyl groups is 1. The van der Waals surface area contributed by atoms with Crippen molar-refractivity contribution in [3.05, 3.63) is 29.8 Å². The van der Waals surface area contributed by atoms with Crippen LogP contribution in [0.25, 0.3) is 0 Å². The molecule has 19 heavy (non-hydrogen) atoms. The highest BCUT2D eigenvalue weighted by Crippen LogP contribution is 2.20. The third-order valence-corrected chi connectivity index (χ3v) is 4.51. The van der Waals surface area contributed by atoms with Gasteiger partial charge >= 0.3 is 5.97 Å². The molecular formula is C12H17NO5S. The Morgan fingerprint density at radius 1 is 1.26 bits per heavy atom. The summed E-state index contributed by atoms with van der Waals surface area (Å²) in [4.78, 5) is 10.8. The second-order valence-electron chi connectivity index (χ2n) is 3.93. The molecule has 0 bridgehead atoms. The van der Waals surface area contributed by atoms with Crippen LogP contribution in [0.5, 0.6) is 0 Å². The summed E-state index contributed by atoms with van der Waals surface area (Å²) in [7, 11) is -3.91. The molecule has 0 amide bonds. The molecule has 2 N–H and O–H groups in total. The van der Waals surface area contributed by atoms with Crippen molar-refractivity contribution in [2.24, 2.45) is 0 Å². The van der Waals surface area contributed by atoms with E-state index in [4.69, 9.17) is 10.2 Å². The lowest BCUT2D eigenvalue weighted by molar-refractivity contribution is 0.0692. The summed E-state index contributed by atoms with van der Waals surface area (Å²) in [5, 5.41) is 18.0. The van der Waals surface area contributed by atoms with Gasteiger partial charge in [-0.1, -0.05) is 19.1 Å². The predicted molar refractivity (Wildman–Crippen MR) is 69.5 cm³/mol. The number of carboxylic acids is 1. The first-order valence-electron chi connectivity index (χ1n) is 5.88. The maximum Gasteiger partial charge on any atom is 0.337 e. The normalized spacial score (nSPS) is 11.7. The number of rotatable bonds is 7. The Bertz CT molecular complexity index is 535. The van der Waals surface area contributed by atoms with Crippen molar-refractivity contribution in [2.75, 3.05) is 19.7 Å². The fourth-order valence-electron chi connectivity index (χ4n) is 1.72. The highest BCUT2D eigenvalue weighted by Gasteiger charge is 2.27. The molecule has 1 aromatic carbocycles. The van der Waals surface area contributed by atoms with E-state index >= 15 is 0 Å². The topological polar surface area (TPSA) is 94.9 Å². The molecule has 0 heterocycles. The van der Waals surface area contributed by atoms with Gasteiger partial charge in [-0.05, 0) is 18.6 Å². The van der Waals surface area contributed by atoms with Crippen LogP contribution in [0, 0.1) is 0 Å². The Hall–Kier alpha value is -1.44. The van der Waals surface area contributed by atoms with Gasteiger partial charge in [0.05, 0.1) is 17.1 Å². The van der Waals surface area contributed by atoms with E-state index in [1.165, 1.54) is 24.3 Å². The molecule has 0 fully saturated rings. The summed E-state index contributed by atoms with van der Waals surface area (Å²) in [6.07, 6.45) is 0.578. The summed E-state index contributed by atoms with van der Waals surface area (Å²) in [6, 6.07) is 5.46. The van der Waals surface area contributed by atoms with Crippen LogP contribution in [0.3, 0.4) is 0 Å². The minimum atomic E-state index is -3.91. The first kappa shape index (κ1) is 15.6. The van der Waals surface area contributed by atoms with Gasteiger partial charge in [-0.2, -0.15) is 4.31 Å². The number of aromatic carboxylic acids is 1. The maximum atomic E-state index is 12.4. The number of benzene rings is 1. The zero-order valence-corrected chi connectivity index (χ0v) is 11.4. The van der Waals surface area contributed by atoms with Gasteiger partial charge in [0, 0.05) is 13.1 Å². The SMILES string of the molecule is CCCN(CCO)S(=O)(=O)c1ccccc1C(=O)O. The lowest BCUT2D eigenvalue weighted by Crippen LogP contribution is -2.35. The van der Waals surface area contributed by atoms with Gasteiger partial charge in [0.25, 0.3) is 0 Å². The summed E-state index contributed by atoms with van der Waals surface area (Å²) in [5.41, 5.74) is -0.262. The minimum Gasteiger partial charge on any atom is -0.478 e. The average molecular weight is 287 g/mol. The van der Waals surface area contributed by atoms with E-state index in [1.54, 1.807) is 0 Å². The van der Waals surface area contributed by atoms with Crippen LogP contribution in [0.15, 0.2) is 29.2 Å². The molecular weight excluding hydrogens is 270 g/mol. The van der Waals surface area contributed by atoms with E-state index in [-0.39, 0.29) is 30.2 Å². The zero-order valence-electron chi connectivity index (χ0n) is 10.6. The van der Waals surface area contributed by atoms with E-state index in [1.807, 2.05) is 6.92 Å². The number of hydrogen-bond donors (Lipinski definition) is 2. The second kappa shape index (κ2) is 6.65. The lowest BCUT2D eigenvalue weighted by Gasteiger charge is -2.21. The summed E-state index contributed by atoms with van der Waals surface area (Å²) in [6.45, 7) is 1.68. The molecule has 6 nitrogen and oxygen atoms in total. The van der Waals surface area contributed by atoms with Crippen molar-refractivity contribution in [2.45, 2.75) is 18.2 Å². The van der Waals surface area contributed by atoms with Crippen molar-refractivity contribution in [1.82, 2.24) is 4.31 Å². The van der Waals surface area contributed by atoms with Crippen LogP contribution in [-0.2, 0) is 10.0 Å². The van der Waals surface area contributed by atoms with Gasteiger partial charge in [0.2, 0.25) is 10.0 Å². The fraction of sp³-hybridized carbons (Fsp3) is 0.417. The number of carboxylic acid groups (broad SMARTS) is 1. The van der Waals surface area contributed by atoms with Crippen LogP contribution in [0.4, 0.5) is 0 Å². The molecule has 0 saturated carbocycles. The first-order chi connectivity index (χ1) is 8.95. The molecule has 1 aromatic rings. The summed E-state index contributed by atoms with van der Waals surface area (Å²) < 4.78 is 25.9. The monoisotopic (exact) mass is 287 g/mol. The van der Waals surface area contributed by atoms with Crippen molar-refractivity contribution in [1.29, 1.82) is 0 Å². The third-order valence-electron chi connectivity index (χ3n) is 2.56. The Kier molecular flexibility index (Phi) is 5.46. The van der Waals surface area contributed by atoms with E-state index in [9.17, 15) is 13.2 Å². The predicted octanol–water partition coefficient (Wildman–Crippen LogP) is 0.778. The van der Waals surface area contributed by atoms with Crippen LogP contribution < -0.4 is 0 Å². The van der Waals surface area contributed by atoms with E-state index in [2.05, 4.69) is 0 Å². The van der Waals surface area contributed by atoms with E-state index in [0.717, 1.165) is 4.31 Å². The second-order valence-corrected chi connectivity index (χ2v) is 5.84. The van der Waals surface area contributed by atoms with Crippen molar-refractivity contribution >= 4 is 16.0 Å². The molecule has 0 aliphatic heterocycles. The molecule has 7 heteroatoms. The van der Waals surface area contributed by atoms with E-state index < -0.39 is 16.0 Å². The van der Waals surface area contributed by atoms with Crippen LogP contribution in [0.2, 0.25) is 0 Å². The number of aliphatic hydroxyl groups excluding tert-OH is 1. The Morgan fingerprint density at radius 3 is 2.42 bits per heavy atom. The number of carbonyl (C=O) groups is 1. The largest absolute Gasteiger partial charge is 0.478 e. The molecule has 0 spiro atoms. The van der Waals surface area contributed by atoms with Gasteiger partial charge in [-0.15, -0.1) is 0 Å². The number of hydrogen-bond acceptors (Lipinski definition) is 4. The van der Waals surface area contributed by atoms with E-state index in [0.29, 0.717) is 6.42 Å². The molecule has 0 saturated heterocycles. The first-order valence-corrected chi connectivity index (χ1v) is 7.32. The summed E-state index contributed by atoms with van der Waals surface area (Å²) in [5.74, 6) is -1.29. The number of nitrogens with zero attached hydrogens (tertiary/aromatic N) is 1. The fourth-order valence-corrected chi connectivity index (χ4v) is 3.43. The van der Waals surface area contributed by atoms with Crippen molar-refractivity contribution < 1.29 is 23.4 Å². The standard InChI is InChI=1S/C12H17NO5S/c1-2-7-13(8-9-14)19(17,18)11-6-4-3-5-10(11)12(15)16/h3-6,14H,2,7-9H2,1H3,(H,15,16). The van der Waals surface area contributed by atoms with Gasteiger partial charge < -0.3 is 10.2 Å². The molecule has 0 unspecified atom stereocenters. The molecule has 0 aromatic heterocycles. The smallest absolute Gasteiger partial charge is 0.337 e. The summed E-state index contributed by atoms with van der Waals surface area (Å²) >= 11 is 0. The zero-order chi connectivity index (χ0) is 14.5. The Balaban J connectivity index is 3.29. The highest BCUT2D eigenvalue weighted by molar-refractivity contribution is 7.89. The highest BCUT2D eigenvalue weighted by atomic mass is 32.2. The van der Waals surface area contributed by atoms with Gasteiger partial charge in [0.1, 0.15) is 0 Å². The third kappa shape index (κ3) is 3.52. The van der Waals surface area contributed by atoms with Gasteiger partial charge in [0.15, 0.2) is 0 Å². The molecule has 0 aliphatic rings. The molecule has 0 radical (unpaired) electrons. The van der Waals surface area contributed by atoms with Gasteiger partial charge in [-0.25, -0.2) is 13.2 Å². The average Bonchev–Trinajstić information content (AvgIpc) is 2.38. The van der Waals surface area contributed by atoms with Crippen LogP contribution in [-0.4, -0.2) is 48.6 Å². The van der Waals surface area contributed by atoms with Crippen LogP contribution in [0.1, 0.15) is 23.7 Å². The minimum absolute atomic E-state index is 0.0515.